The fourth-order valence-corrected chi connectivity index (χ4v) is 6.20. The monoisotopic (exact) mass is 630 g/mol. The Hall–Kier alpha value is -3.65. The van der Waals surface area contributed by atoms with Gasteiger partial charge in [-0.2, -0.15) is 26.3 Å². The normalized spacial score (nSPS) is 24.3. The number of amides is 2. The highest BCUT2D eigenvalue weighted by molar-refractivity contribution is 5.99. The third-order valence-corrected chi connectivity index (χ3v) is 8.21. The Labute approximate surface area is 247 Å². The number of benzene rings is 2. The van der Waals surface area contributed by atoms with Crippen molar-refractivity contribution in [3.63, 3.8) is 0 Å². The number of alkyl halides is 6. The van der Waals surface area contributed by atoms with Crippen LogP contribution in [0.25, 0.3) is 0 Å². The van der Waals surface area contributed by atoms with Gasteiger partial charge in [0.2, 0.25) is 5.91 Å². The molecule has 2 aromatic carbocycles. The van der Waals surface area contributed by atoms with E-state index >= 15 is 0 Å². The molecule has 1 saturated heterocycles. The molecule has 3 aliphatic rings. The first-order valence-electron chi connectivity index (χ1n) is 13.9. The lowest BCUT2D eigenvalue weighted by molar-refractivity contribution is -0.140. The van der Waals surface area contributed by atoms with Crippen molar-refractivity contribution in [3.05, 3.63) is 70.6 Å². The number of hydrogen-bond acceptors (Lipinski definition) is 5. The second-order valence-electron chi connectivity index (χ2n) is 11.1. The number of allylic oxidation sites excluding steroid dienone is 1. The van der Waals surface area contributed by atoms with Crippen molar-refractivity contribution in [2.24, 2.45) is 23.7 Å². The Bertz CT molecular complexity index is 1440. The predicted octanol–water partition coefficient (Wildman–Crippen LogP) is 5.90. The zero-order valence-electron chi connectivity index (χ0n) is 23.4. The van der Waals surface area contributed by atoms with Gasteiger partial charge in [-0.05, 0) is 54.7 Å². The van der Waals surface area contributed by atoms with Gasteiger partial charge in [-0.15, -0.1) is 0 Å². The third kappa shape index (κ3) is 6.85. The van der Waals surface area contributed by atoms with Crippen LogP contribution in [0.2, 0.25) is 0 Å². The smallest absolute Gasteiger partial charge is 0.419 e. The Balaban J connectivity index is 1.40. The molecule has 4 atom stereocenters. The Morgan fingerprint density at radius 3 is 2.39 bits per heavy atom. The maximum Gasteiger partial charge on any atom is 0.419 e. The number of methoxy groups -OCH3 is 1. The highest BCUT2D eigenvalue weighted by atomic mass is 19.4. The number of carbonyl (C=O) groups is 2. The van der Waals surface area contributed by atoms with Gasteiger partial charge in [-0.1, -0.05) is 11.6 Å². The van der Waals surface area contributed by atoms with Crippen molar-refractivity contribution < 1.29 is 54.5 Å². The van der Waals surface area contributed by atoms with Crippen molar-refractivity contribution in [3.8, 4) is 5.75 Å². The molecular weight excluding hydrogens is 601 g/mol. The first kappa shape index (κ1) is 31.8. The summed E-state index contributed by atoms with van der Waals surface area (Å²) < 4.78 is 110. The molecule has 238 valence electrons. The van der Waals surface area contributed by atoms with Crippen LogP contribution in [0.4, 0.5) is 36.4 Å². The van der Waals surface area contributed by atoms with E-state index in [0.29, 0.717) is 37.5 Å². The third-order valence-electron chi connectivity index (χ3n) is 8.21. The molecule has 44 heavy (non-hydrogen) atoms. The van der Waals surface area contributed by atoms with E-state index in [1.807, 2.05) is 0 Å². The molecule has 2 bridgehead atoms. The van der Waals surface area contributed by atoms with Crippen LogP contribution in [0.3, 0.4) is 0 Å². The van der Waals surface area contributed by atoms with Crippen molar-refractivity contribution in [2.45, 2.75) is 37.8 Å². The van der Waals surface area contributed by atoms with Gasteiger partial charge in [-0.3, -0.25) is 9.59 Å². The van der Waals surface area contributed by atoms with E-state index in [1.165, 1.54) is 13.2 Å². The summed E-state index contributed by atoms with van der Waals surface area (Å²) in [6, 6.07) is 5.53. The van der Waals surface area contributed by atoms with Crippen LogP contribution in [0.1, 0.15) is 34.3 Å². The van der Waals surface area contributed by atoms with E-state index in [2.05, 4.69) is 10.6 Å². The maximum absolute atomic E-state index is 13.8. The summed E-state index contributed by atoms with van der Waals surface area (Å²) in [4.78, 5) is 27.0. The van der Waals surface area contributed by atoms with Crippen molar-refractivity contribution in [2.75, 3.05) is 32.2 Å². The number of anilines is 1. The molecule has 14 heteroatoms. The van der Waals surface area contributed by atoms with Crippen LogP contribution in [0.15, 0.2) is 48.0 Å². The fourth-order valence-electron chi connectivity index (χ4n) is 6.20. The van der Waals surface area contributed by atoms with Crippen LogP contribution >= 0.6 is 0 Å². The molecule has 2 aliphatic carbocycles. The number of ether oxygens (including phenoxy) is 3. The average molecular weight is 631 g/mol. The zero-order chi connectivity index (χ0) is 31.8. The van der Waals surface area contributed by atoms with Gasteiger partial charge < -0.3 is 24.8 Å². The molecule has 7 nitrogen and oxygen atoms in total. The van der Waals surface area contributed by atoms with Crippen LogP contribution in [0.5, 0.6) is 5.75 Å². The largest absolute Gasteiger partial charge is 0.496 e. The molecule has 0 radical (unpaired) electrons. The molecule has 0 aromatic heterocycles. The molecular formula is C30H29F7N2O5. The van der Waals surface area contributed by atoms with Crippen LogP contribution < -0.4 is 15.4 Å². The molecule has 2 N–H and O–H groups in total. The summed E-state index contributed by atoms with van der Waals surface area (Å²) in [5.41, 5.74) is -1.36. The molecule has 1 aliphatic heterocycles. The zero-order valence-corrected chi connectivity index (χ0v) is 23.4. The molecule has 0 spiro atoms. The molecule has 5 rings (SSSR count). The Morgan fingerprint density at radius 2 is 1.75 bits per heavy atom. The van der Waals surface area contributed by atoms with E-state index in [-0.39, 0.29) is 54.0 Å². The van der Waals surface area contributed by atoms with E-state index in [0.717, 1.165) is 6.07 Å². The van der Waals surface area contributed by atoms with E-state index in [1.54, 1.807) is 12.1 Å². The van der Waals surface area contributed by atoms with E-state index in [4.69, 9.17) is 14.2 Å². The van der Waals surface area contributed by atoms with E-state index in [9.17, 15) is 40.3 Å². The summed E-state index contributed by atoms with van der Waals surface area (Å²) >= 11 is 0. The molecule has 1 heterocycles. The highest BCUT2D eigenvalue weighted by Crippen LogP contribution is 2.54. The average Bonchev–Trinajstić information content (AvgIpc) is 3.43. The van der Waals surface area contributed by atoms with Gasteiger partial charge in [0.1, 0.15) is 11.6 Å². The predicted molar refractivity (Wildman–Crippen MR) is 142 cm³/mol. The van der Waals surface area contributed by atoms with Crippen molar-refractivity contribution in [1.82, 2.24) is 5.32 Å². The number of halogens is 7. The summed E-state index contributed by atoms with van der Waals surface area (Å²) in [5.74, 6) is -5.70. The highest BCUT2D eigenvalue weighted by Gasteiger charge is 2.55. The fraction of sp³-hybridized carbons (Fsp3) is 0.467. The molecule has 2 amide bonds. The van der Waals surface area contributed by atoms with Gasteiger partial charge in [0, 0.05) is 29.6 Å². The molecule has 2 saturated carbocycles. The first-order valence-corrected chi connectivity index (χ1v) is 13.9. The standard InChI is InChI=1S/C30H29F7N2O5/c1-42-24-7-2-15(11-43-12-16-13-44-14-16)8-20(24)27(40)39-26-19-5-4-18(21(19)10-29(32,33)34)25(26)28(41)38-17-3-6-23(31)22(9-17)30(35,36)37/h2-3,6-10,16,18-19,25-26H,4-5,11-14H2,1H3,(H,38,41)(H,39,40)/b21-10-/t18-,19+,25-,26+/m0/s1. The van der Waals surface area contributed by atoms with Gasteiger partial charge in [-0.25, -0.2) is 4.39 Å². The first-order chi connectivity index (χ1) is 20.7. The molecule has 2 aromatic rings. The minimum atomic E-state index is -5.04. The second-order valence-corrected chi connectivity index (χ2v) is 11.1. The lowest BCUT2D eigenvalue weighted by Gasteiger charge is -2.30. The summed E-state index contributed by atoms with van der Waals surface area (Å²) in [5, 5.41) is 5.01. The summed E-state index contributed by atoms with van der Waals surface area (Å²) in [6.07, 6.45) is -9.14. The maximum atomic E-state index is 13.8. The van der Waals surface area contributed by atoms with Crippen molar-refractivity contribution >= 4 is 17.5 Å². The number of nitrogens with one attached hydrogen (secondary N) is 2. The number of carbonyl (C=O) groups excluding carboxylic acids is 2. The lowest BCUT2D eigenvalue weighted by atomic mass is 9.83. The summed E-state index contributed by atoms with van der Waals surface area (Å²) in [7, 11) is 1.34. The molecule has 3 fully saturated rings. The minimum Gasteiger partial charge on any atom is -0.496 e. The van der Waals surface area contributed by atoms with Gasteiger partial charge in [0.05, 0.1) is 50.6 Å². The van der Waals surface area contributed by atoms with E-state index < -0.39 is 59.3 Å². The van der Waals surface area contributed by atoms with Gasteiger partial charge in [0.25, 0.3) is 5.91 Å². The Kier molecular flexibility index (Phi) is 8.94. The minimum absolute atomic E-state index is 0.0628. The molecule has 0 unspecified atom stereocenters. The SMILES string of the molecule is COc1ccc(COCC2COC2)cc1C(=O)N[C@H]1[C@@H](C(=O)Nc2ccc(F)c(C(F)(F)F)c2)[C@H]2CC[C@@H]1/C2=C\C(F)(F)F. The van der Waals surface area contributed by atoms with Crippen LogP contribution in [0, 0.1) is 29.5 Å². The number of fused-ring (bicyclic) bond motifs is 2. The van der Waals surface area contributed by atoms with Crippen LogP contribution in [-0.2, 0) is 27.1 Å². The Morgan fingerprint density at radius 1 is 1.02 bits per heavy atom. The number of rotatable bonds is 9. The quantitative estimate of drug-likeness (QED) is 0.267. The topological polar surface area (TPSA) is 85.9 Å². The lowest BCUT2D eigenvalue weighted by Crippen LogP contribution is -2.48. The summed E-state index contributed by atoms with van der Waals surface area (Å²) in [6.45, 7) is 1.84. The van der Waals surface area contributed by atoms with Crippen LogP contribution in [-0.4, -0.2) is 51.0 Å². The van der Waals surface area contributed by atoms with Gasteiger partial charge in [0.15, 0.2) is 0 Å². The second kappa shape index (κ2) is 12.4. The number of hydrogen-bond donors (Lipinski definition) is 2. The van der Waals surface area contributed by atoms with Crippen molar-refractivity contribution in [1.29, 1.82) is 0 Å². The van der Waals surface area contributed by atoms with Gasteiger partial charge >= 0.3 is 12.4 Å².